The number of nitrogens with zero attached hydrogens (tertiary/aromatic N) is 1. The lowest BCUT2D eigenvalue weighted by Gasteiger charge is -2.29. The molecule has 0 fully saturated rings. The van der Waals surface area contributed by atoms with Crippen LogP contribution in [-0.4, -0.2) is 10.8 Å². The fourth-order valence-electron chi connectivity index (χ4n) is 3.70. The van der Waals surface area contributed by atoms with Crippen molar-refractivity contribution in [1.29, 1.82) is 0 Å². The van der Waals surface area contributed by atoms with Crippen LogP contribution in [-0.2, 0) is 5.72 Å². The lowest BCUT2D eigenvalue weighted by atomic mass is 9.87. The van der Waals surface area contributed by atoms with Crippen molar-refractivity contribution in [2.45, 2.75) is 5.72 Å². The summed E-state index contributed by atoms with van der Waals surface area (Å²) in [5.41, 5.74) is 5.61. The van der Waals surface area contributed by atoms with E-state index in [1.165, 1.54) is 0 Å². The standard InChI is InChI=1S/C24H17NO/c26-24(19-12-5-2-6-13-19)16-22(17-9-3-1-4-10-17)21-15-18-11-7-8-14-20(18)23(21)25-24/h1-16,26H. The van der Waals surface area contributed by atoms with Gasteiger partial charge in [-0.1, -0.05) is 84.9 Å². The minimum atomic E-state index is -1.38. The molecule has 0 aromatic heterocycles. The second-order valence-electron chi connectivity index (χ2n) is 6.62. The topological polar surface area (TPSA) is 32.6 Å². The Kier molecular flexibility index (Phi) is 3.27. The summed E-state index contributed by atoms with van der Waals surface area (Å²) in [6.45, 7) is 0. The lowest BCUT2D eigenvalue weighted by molar-refractivity contribution is 0.1000. The Balaban J connectivity index is 1.77. The summed E-state index contributed by atoms with van der Waals surface area (Å²) in [5.74, 6) is 0. The second-order valence-corrected chi connectivity index (χ2v) is 6.62. The molecule has 1 aliphatic carbocycles. The van der Waals surface area contributed by atoms with Crippen LogP contribution in [0.1, 0.15) is 22.3 Å². The van der Waals surface area contributed by atoms with Crippen molar-refractivity contribution in [3.63, 3.8) is 0 Å². The van der Waals surface area contributed by atoms with Gasteiger partial charge in [0.25, 0.3) is 0 Å². The van der Waals surface area contributed by atoms with Crippen molar-refractivity contribution in [2.24, 2.45) is 4.99 Å². The van der Waals surface area contributed by atoms with E-state index in [1.807, 2.05) is 66.7 Å². The van der Waals surface area contributed by atoms with Crippen molar-refractivity contribution in [3.05, 3.63) is 119 Å². The summed E-state index contributed by atoms with van der Waals surface area (Å²) in [5, 5.41) is 11.5. The first kappa shape index (κ1) is 15.1. The molecule has 1 heterocycles. The first-order chi connectivity index (χ1) is 12.7. The fourth-order valence-corrected chi connectivity index (χ4v) is 3.70. The molecule has 0 radical (unpaired) electrons. The van der Waals surface area contributed by atoms with Crippen molar-refractivity contribution in [3.8, 4) is 0 Å². The number of rotatable bonds is 2. The van der Waals surface area contributed by atoms with Crippen LogP contribution < -0.4 is 0 Å². The van der Waals surface area contributed by atoms with Crippen LogP contribution in [0.25, 0.3) is 11.6 Å². The van der Waals surface area contributed by atoms with Crippen LogP contribution in [0.4, 0.5) is 0 Å². The average Bonchev–Trinajstić information content (AvgIpc) is 3.07. The molecule has 2 aliphatic rings. The molecule has 0 saturated carbocycles. The maximum absolute atomic E-state index is 11.5. The summed E-state index contributed by atoms with van der Waals surface area (Å²) in [6.07, 6.45) is 4.04. The summed E-state index contributed by atoms with van der Waals surface area (Å²) >= 11 is 0. The van der Waals surface area contributed by atoms with Crippen LogP contribution in [0, 0.1) is 0 Å². The van der Waals surface area contributed by atoms with E-state index in [1.54, 1.807) is 0 Å². The summed E-state index contributed by atoms with van der Waals surface area (Å²) < 4.78 is 0. The minimum Gasteiger partial charge on any atom is -0.362 e. The van der Waals surface area contributed by atoms with Crippen LogP contribution >= 0.6 is 0 Å². The van der Waals surface area contributed by atoms with Gasteiger partial charge in [-0.05, 0) is 28.9 Å². The molecule has 0 bridgehead atoms. The molecule has 1 unspecified atom stereocenters. The molecule has 1 atom stereocenters. The van der Waals surface area contributed by atoms with Crippen LogP contribution in [0.15, 0.2) is 102 Å². The van der Waals surface area contributed by atoms with Gasteiger partial charge in [-0.2, -0.15) is 0 Å². The van der Waals surface area contributed by atoms with Gasteiger partial charge < -0.3 is 5.11 Å². The molecule has 0 saturated heterocycles. The highest BCUT2D eigenvalue weighted by Crippen LogP contribution is 2.43. The van der Waals surface area contributed by atoms with Crippen molar-refractivity contribution in [1.82, 2.24) is 0 Å². The van der Waals surface area contributed by atoms with E-state index in [0.717, 1.165) is 39.1 Å². The highest BCUT2D eigenvalue weighted by atomic mass is 16.3. The zero-order valence-electron chi connectivity index (χ0n) is 14.1. The number of fused-ring (bicyclic) bond motifs is 3. The Hall–Kier alpha value is -3.23. The summed E-state index contributed by atoms with van der Waals surface area (Å²) in [6, 6.07) is 28.0. The molecule has 2 heteroatoms. The molecule has 3 aromatic carbocycles. The van der Waals surface area contributed by atoms with Crippen LogP contribution in [0.5, 0.6) is 0 Å². The van der Waals surface area contributed by atoms with E-state index in [-0.39, 0.29) is 0 Å². The molecule has 3 aromatic rings. The number of hydrogen-bond acceptors (Lipinski definition) is 2. The maximum atomic E-state index is 11.5. The van der Waals surface area contributed by atoms with Gasteiger partial charge in [-0.3, -0.25) is 0 Å². The van der Waals surface area contributed by atoms with Gasteiger partial charge >= 0.3 is 0 Å². The Morgan fingerprint density at radius 3 is 2.12 bits per heavy atom. The normalized spacial score (nSPS) is 20.6. The average molecular weight is 335 g/mol. The number of dihydropyridines is 1. The molecule has 1 N–H and O–H groups in total. The summed E-state index contributed by atoms with van der Waals surface area (Å²) in [7, 11) is 0. The van der Waals surface area contributed by atoms with E-state index < -0.39 is 5.72 Å². The maximum Gasteiger partial charge on any atom is 0.203 e. The second kappa shape index (κ2) is 5.65. The van der Waals surface area contributed by atoms with E-state index in [0.29, 0.717) is 0 Å². The van der Waals surface area contributed by atoms with Crippen molar-refractivity contribution >= 4 is 17.4 Å². The smallest absolute Gasteiger partial charge is 0.203 e. The number of allylic oxidation sites excluding steroid dienone is 2. The molecular weight excluding hydrogens is 318 g/mol. The summed E-state index contributed by atoms with van der Waals surface area (Å²) in [4.78, 5) is 4.79. The van der Waals surface area contributed by atoms with Crippen molar-refractivity contribution in [2.75, 3.05) is 0 Å². The Morgan fingerprint density at radius 1 is 0.692 bits per heavy atom. The third kappa shape index (κ3) is 2.27. The Labute approximate surface area is 152 Å². The largest absolute Gasteiger partial charge is 0.362 e. The zero-order valence-corrected chi connectivity index (χ0v) is 14.1. The SMILES string of the molecule is OC1(c2ccccc2)C=C(c2ccccc2)C2=Cc3ccccc3C2=N1. The fraction of sp³-hybridized carbons (Fsp3) is 0.0417. The minimum absolute atomic E-state index is 0.768. The van der Waals surface area contributed by atoms with Crippen molar-refractivity contribution < 1.29 is 5.11 Å². The predicted octanol–water partition coefficient (Wildman–Crippen LogP) is 4.82. The zero-order chi connectivity index (χ0) is 17.6. The Bertz CT molecular complexity index is 1080. The van der Waals surface area contributed by atoms with Gasteiger partial charge in [0.2, 0.25) is 5.72 Å². The molecule has 26 heavy (non-hydrogen) atoms. The van der Waals surface area contributed by atoms with E-state index in [2.05, 4.69) is 30.3 Å². The van der Waals surface area contributed by atoms with E-state index in [4.69, 9.17) is 4.99 Å². The third-order valence-electron chi connectivity index (χ3n) is 4.97. The quantitative estimate of drug-likeness (QED) is 0.716. The molecule has 2 nitrogen and oxygen atoms in total. The van der Waals surface area contributed by atoms with Gasteiger partial charge in [0.05, 0.1) is 5.71 Å². The van der Waals surface area contributed by atoms with Gasteiger partial charge in [0.15, 0.2) is 0 Å². The van der Waals surface area contributed by atoms with Gasteiger partial charge in [-0.25, -0.2) is 4.99 Å². The number of aliphatic hydroxyl groups is 1. The molecule has 124 valence electrons. The monoisotopic (exact) mass is 335 g/mol. The first-order valence-corrected chi connectivity index (χ1v) is 8.72. The molecule has 0 amide bonds. The highest BCUT2D eigenvalue weighted by molar-refractivity contribution is 6.30. The number of benzene rings is 3. The highest BCUT2D eigenvalue weighted by Gasteiger charge is 2.36. The molecule has 1 aliphatic heterocycles. The van der Waals surface area contributed by atoms with E-state index in [9.17, 15) is 5.11 Å². The molecule has 0 spiro atoms. The number of hydrogen-bond donors (Lipinski definition) is 1. The van der Waals surface area contributed by atoms with Crippen LogP contribution in [0.3, 0.4) is 0 Å². The van der Waals surface area contributed by atoms with E-state index >= 15 is 0 Å². The number of aliphatic imine (C=N–C) groups is 1. The van der Waals surface area contributed by atoms with Gasteiger partial charge in [0, 0.05) is 16.7 Å². The lowest BCUT2D eigenvalue weighted by Crippen LogP contribution is -2.27. The Morgan fingerprint density at radius 2 is 1.35 bits per heavy atom. The van der Waals surface area contributed by atoms with Gasteiger partial charge in [-0.15, -0.1) is 0 Å². The third-order valence-corrected chi connectivity index (χ3v) is 4.97. The van der Waals surface area contributed by atoms with Crippen LogP contribution in [0.2, 0.25) is 0 Å². The molecule has 5 rings (SSSR count). The molecular formula is C24H17NO. The van der Waals surface area contributed by atoms with Gasteiger partial charge in [0.1, 0.15) is 0 Å². The predicted molar refractivity (Wildman–Crippen MR) is 106 cm³/mol. The first-order valence-electron chi connectivity index (χ1n) is 8.72.